The summed E-state index contributed by atoms with van der Waals surface area (Å²) in [7, 11) is 0. The third kappa shape index (κ3) is 9.63. The zero-order valence-corrected chi connectivity index (χ0v) is 31.1. The van der Waals surface area contributed by atoms with E-state index in [1.807, 2.05) is 72.8 Å². The first-order valence-electron chi connectivity index (χ1n) is 18.1. The molecule has 3 aromatic carbocycles. The molecule has 2 N–H and O–H groups in total. The van der Waals surface area contributed by atoms with Crippen LogP contribution in [0.2, 0.25) is 0 Å². The van der Waals surface area contributed by atoms with E-state index in [0.29, 0.717) is 24.0 Å². The number of carbonyl (C=O) groups is 2. The Labute approximate surface area is 305 Å². The summed E-state index contributed by atoms with van der Waals surface area (Å²) in [4.78, 5) is 40.3. The fourth-order valence-corrected chi connectivity index (χ4v) is 7.63. The first-order chi connectivity index (χ1) is 24.5. The number of hydrogen-bond acceptors (Lipinski definition) is 6. The zero-order valence-electron chi connectivity index (χ0n) is 30.3. The van der Waals surface area contributed by atoms with Gasteiger partial charge < -0.3 is 10.1 Å². The molecule has 0 saturated heterocycles. The fraction of sp³-hybridized carbons (Fsp3) is 0.372. The van der Waals surface area contributed by atoms with Crippen LogP contribution in [-0.2, 0) is 34.5 Å². The highest BCUT2D eigenvalue weighted by Gasteiger charge is 2.26. The van der Waals surface area contributed by atoms with Gasteiger partial charge in [0, 0.05) is 27.3 Å². The van der Waals surface area contributed by atoms with Crippen molar-refractivity contribution in [3.63, 3.8) is 0 Å². The number of aromatic nitrogens is 1. The second-order valence-corrected chi connectivity index (χ2v) is 16.2. The summed E-state index contributed by atoms with van der Waals surface area (Å²) in [5.41, 5.74) is 5.99. The quantitative estimate of drug-likeness (QED) is 0.119. The van der Waals surface area contributed by atoms with Crippen LogP contribution < -0.4 is 15.5 Å². The number of amides is 2. The molecule has 1 atom stereocenters. The molecule has 0 radical (unpaired) electrons. The molecule has 0 bridgehead atoms. The van der Waals surface area contributed by atoms with E-state index >= 15 is 0 Å². The molecule has 1 aliphatic carbocycles. The lowest BCUT2D eigenvalue weighted by Crippen LogP contribution is -2.48. The molecule has 2 aromatic heterocycles. The third-order valence-corrected chi connectivity index (χ3v) is 11.0. The number of benzene rings is 3. The van der Waals surface area contributed by atoms with Crippen molar-refractivity contribution in [2.75, 3.05) is 0 Å². The van der Waals surface area contributed by atoms with Gasteiger partial charge in [-0.3, -0.25) is 14.4 Å². The highest BCUT2D eigenvalue weighted by molar-refractivity contribution is 7.12. The Balaban J connectivity index is 1.24. The lowest BCUT2D eigenvalue weighted by Gasteiger charge is -2.19. The van der Waals surface area contributed by atoms with E-state index in [1.54, 1.807) is 11.3 Å². The molecule has 5 aromatic rings. The van der Waals surface area contributed by atoms with Gasteiger partial charge in [-0.2, -0.15) is 0 Å². The Hall–Kier alpha value is -4.53. The van der Waals surface area contributed by atoms with Crippen molar-refractivity contribution in [2.24, 2.45) is 5.92 Å². The number of nitrogens with one attached hydrogen (secondary N) is 2. The SMILES string of the molecule is CC(C)c1ccc(C[C@@H](NC(=O)c2cc3ccc(Oc4ccc(C(C)(C)C)cc4)cc3c(CC3CCCC3)n2)C(=O)NOCc2ccccc2)s1. The number of ether oxygens (including phenoxy) is 1. The van der Waals surface area contributed by atoms with E-state index in [-0.39, 0.29) is 12.0 Å². The number of nitrogens with zero attached hydrogens (tertiary/aromatic N) is 1. The Bertz CT molecular complexity index is 1940. The van der Waals surface area contributed by atoms with Crippen molar-refractivity contribution in [3.8, 4) is 11.5 Å². The summed E-state index contributed by atoms with van der Waals surface area (Å²) in [5, 5.41) is 4.89. The van der Waals surface area contributed by atoms with Crippen LogP contribution >= 0.6 is 11.3 Å². The van der Waals surface area contributed by atoms with Crippen LogP contribution in [0.25, 0.3) is 10.8 Å². The van der Waals surface area contributed by atoms with Gasteiger partial charge in [-0.25, -0.2) is 10.5 Å². The van der Waals surface area contributed by atoms with Crippen LogP contribution in [0.4, 0.5) is 0 Å². The number of hydrogen-bond donors (Lipinski definition) is 2. The minimum absolute atomic E-state index is 0.0630. The molecule has 51 heavy (non-hydrogen) atoms. The molecule has 0 spiro atoms. The van der Waals surface area contributed by atoms with E-state index in [4.69, 9.17) is 14.6 Å². The molecule has 1 aliphatic rings. The van der Waals surface area contributed by atoms with E-state index in [9.17, 15) is 9.59 Å². The van der Waals surface area contributed by atoms with Crippen molar-refractivity contribution in [1.29, 1.82) is 0 Å². The van der Waals surface area contributed by atoms with E-state index < -0.39 is 17.9 Å². The molecule has 7 nitrogen and oxygen atoms in total. The first-order valence-corrected chi connectivity index (χ1v) is 18.9. The normalized spacial score (nSPS) is 14.2. The molecule has 1 saturated carbocycles. The minimum Gasteiger partial charge on any atom is -0.457 e. The predicted octanol–water partition coefficient (Wildman–Crippen LogP) is 9.83. The fourth-order valence-electron chi connectivity index (χ4n) is 6.57. The van der Waals surface area contributed by atoms with Gasteiger partial charge in [-0.15, -0.1) is 11.3 Å². The first kappa shape index (κ1) is 36.3. The minimum atomic E-state index is -0.858. The van der Waals surface area contributed by atoms with Crippen molar-refractivity contribution in [2.45, 2.75) is 97.1 Å². The van der Waals surface area contributed by atoms with Gasteiger partial charge in [-0.1, -0.05) is 109 Å². The standard InChI is InChI=1S/C43H49N3O4S/c1-28(2)40-22-21-35(51-40)26-39(42(48)46-49-27-30-13-7-6-8-14-30)45-41(47)38-24-31-15-18-34(50-33-19-16-32(17-20-33)43(3,4)5)25-36(31)37(44-38)23-29-11-9-10-12-29/h6-8,13-22,24-25,28-29,39H,9-12,23,26-27H2,1-5H3,(H,45,47)(H,46,48)/t39-/m1/s1. The van der Waals surface area contributed by atoms with E-state index in [0.717, 1.165) is 57.7 Å². The average Bonchev–Trinajstić information content (AvgIpc) is 3.81. The number of rotatable bonds is 13. The van der Waals surface area contributed by atoms with Crippen molar-refractivity contribution >= 4 is 33.9 Å². The van der Waals surface area contributed by atoms with Gasteiger partial charge in [0.15, 0.2) is 0 Å². The summed E-state index contributed by atoms with van der Waals surface area (Å²) < 4.78 is 6.31. The summed E-state index contributed by atoms with van der Waals surface area (Å²) in [6.45, 7) is 11.1. The van der Waals surface area contributed by atoms with Crippen LogP contribution in [-0.4, -0.2) is 22.8 Å². The Morgan fingerprint density at radius 3 is 2.31 bits per heavy atom. The van der Waals surface area contributed by atoms with Gasteiger partial charge in [0.2, 0.25) is 0 Å². The van der Waals surface area contributed by atoms with Gasteiger partial charge in [0.1, 0.15) is 23.2 Å². The lowest BCUT2D eigenvalue weighted by atomic mass is 9.87. The summed E-state index contributed by atoms with van der Waals surface area (Å²) in [6.07, 6.45) is 5.86. The number of hydroxylamine groups is 1. The summed E-state index contributed by atoms with van der Waals surface area (Å²) in [5.74, 6) is 1.58. The molecule has 6 rings (SSSR count). The van der Waals surface area contributed by atoms with Gasteiger partial charge >= 0.3 is 0 Å². The van der Waals surface area contributed by atoms with Crippen LogP contribution in [0.5, 0.6) is 11.5 Å². The van der Waals surface area contributed by atoms with E-state index in [2.05, 4.69) is 63.6 Å². The van der Waals surface area contributed by atoms with Crippen LogP contribution in [0.15, 0.2) is 91.0 Å². The van der Waals surface area contributed by atoms with Crippen molar-refractivity contribution < 1.29 is 19.2 Å². The second-order valence-electron chi connectivity index (χ2n) is 15.0. The Morgan fingerprint density at radius 2 is 1.63 bits per heavy atom. The molecule has 0 unspecified atom stereocenters. The molecule has 1 fully saturated rings. The maximum absolute atomic E-state index is 14.0. The molecular weight excluding hydrogens is 655 g/mol. The summed E-state index contributed by atoms with van der Waals surface area (Å²) >= 11 is 1.66. The number of pyridine rings is 1. The predicted molar refractivity (Wildman–Crippen MR) is 205 cm³/mol. The highest BCUT2D eigenvalue weighted by Crippen LogP contribution is 2.33. The summed E-state index contributed by atoms with van der Waals surface area (Å²) in [6, 6.07) is 28.9. The smallest absolute Gasteiger partial charge is 0.270 e. The zero-order chi connectivity index (χ0) is 36.0. The van der Waals surface area contributed by atoms with E-state index in [1.165, 1.54) is 23.3 Å². The van der Waals surface area contributed by atoms with Crippen LogP contribution in [0.1, 0.15) is 103 Å². The Kier molecular flexibility index (Phi) is 11.5. The molecule has 8 heteroatoms. The van der Waals surface area contributed by atoms with Crippen molar-refractivity contribution in [3.05, 3.63) is 123 Å². The third-order valence-electron chi connectivity index (χ3n) is 9.56. The van der Waals surface area contributed by atoms with Gasteiger partial charge in [-0.05, 0) is 82.6 Å². The number of carbonyl (C=O) groups excluding carboxylic acids is 2. The van der Waals surface area contributed by atoms with Crippen LogP contribution in [0, 0.1) is 5.92 Å². The molecule has 2 amide bonds. The van der Waals surface area contributed by atoms with Gasteiger partial charge in [0.25, 0.3) is 11.8 Å². The molecule has 0 aliphatic heterocycles. The lowest BCUT2D eigenvalue weighted by molar-refractivity contribution is -0.136. The largest absolute Gasteiger partial charge is 0.457 e. The topological polar surface area (TPSA) is 89.5 Å². The van der Waals surface area contributed by atoms with Crippen molar-refractivity contribution in [1.82, 2.24) is 15.8 Å². The Morgan fingerprint density at radius 1 is 0.902 bits per heavy atom. The van der Waals surface area contributed by atoms with Gasteiger partial charge in [0.05, 0.1) is 6.61 Å². The number of thiophene rings is 1. The second kappa shape index (κ2) is 16.2. The maximum atomic E-state index is 14.0. The van der Waals surface area contributed by atoms with Crippen LogP contribution in [0.3, 0.4) is 0 Å². The molecular formula is C43H49N3O4S. The molecule has 266 valence electrons. The number of fused-ring (bicyclic) bond motifs is 1. The monoisotopic (exact) mass is 703 g/mol. The maximum Gasteiger partial charge on any atom is 0.270 e. The molecule has 2 heterocycles. The average molecular weight is 704 g/mol. The highest BCUT2D eigenvalue weighted by atomic mass is 32.1.